The summed E-state index contributed by atoms with van der Waals surface area (Å²) < 4.78 is 5.33. The quantitative estimate of drug-likeness (QED) is 0.850. The predicted molar refractivity (Wildman–Crippen MR) is 103 cm³/mol. The highest BCUT2D eigenvalue weighted by atomic mass is 16.3. The fraction of sp³-hybridized carbons (Fsp3) is 0.667. The highest BCUT2D eigenvalue weighted by Crippen LogP contribution is 2.25. The molecule has 1 aliphatic carbocycles. The fourth-order valence-electron chi connectivity index (χ4n) is 4.27. The zero-order chi connectivity index (χ0) is 17.8. The minimum absolute atomic E-state index is 0.207. The van der Waals surface area contributed by atoms with Crippen molar-refractivity contribution in [2.24, 2.45) is 5.92 Å². The minimum Gasteiger partial charge on any atom is -0.465 e. The molecule has 4 rings (SSSR count). The number of rotatable bonds is 6. The van der Waals surface area contributed by atoms with Gasteiger partial charge in [0.25, 0.3) is 0 Å². The molecule has 0 spiro atoms. The first-order valence-electron chi connectivity index (χ1n) is 10.2. The third kappa shape index (κ3) is 4.77. The molecule has 1 aromatic rings. The van der Waals surface area contributed by atoms with Gasteiger partial charge in [-0.1, -0.05) is 6.08 Å². The van der Waals surface area contributed by atoms with Gasteiger partial charge in [-0.2, -0.15) is 0 Å². The van der Waals surface area contributed by atoms with Crippen molar-refractivity contribution in [1.29, 1.82) is 0 Å². The molecule has 5 heteroatoms. The predicted octanol–water partition coefficient (Wildman–Crippen LogP) is 2.75. The van der Waals surface area contributed by atoms with Gasteiger partial charge in [-0.15, -0.1) is 0 Å². The molecule has 0 aromatic carbocycles. The molecule has 1 atom stereocenters. The summed E-state index contributed by atoms with van der Waals surface area (Å²) in [4.78, 5) is 17.5. The lowest BCUT2D eigenvalue weighted by atomic mass is 9.93. The highest BCUT2D eigenvalue weighted by molar-refractivity contribution is 5.79. The van der Waals surface area contributed by atoms with Crippen LogP contribution in [0.1, 0.15) is 44.3 Å². The molecule has 3 heterocycles. The van der Waals surface area contributed by atoms with Crippen molar-refractivity contribution in [1.82, 2.24) is 15.1 Å². The fourth-order valence-corrected chi connectivity index (χ4v) is 4.27. The van der Waals surface area contributed by atoms with E-state index in [1.165, 1.54) is 25.7 Å². The van der Waals surface area contributed by atoms with E-state index in [9.17, 15) is 4.79 Å². The summed E-state index contributed by atoms with van der Waals surface area (Å²) in [7, 11) is 0. The van der Waals surface area contributed by atoms with Crippen molar-refractivity contribution >= 4 is 12.0 Å². The first kappa shape index (κ1) is 17.8. The third-order valence-electron chi connectivity index (χ3n) is 6.01. The Kier molecular flexibility index (Phi) is 5.75. The van der Waals surface area contributed by atoms with Gasteiger partial charge in [0.15, 0.2) is 0 Å². The Labute approximate surface area is 156 Å². The van der Waals surface area contributed by atoms with Crippen LogP contribution in [0.3, 0.4) is 0 Å². The molecular weight excluding hydrogens is 326 g/mol. The van der Waals surface area contributed by atoms with Crippen LogP contribution in [-0.2, 0) is 4.79 Å². The summed E-state index contributed by atoms with van der Waals surface area (Å²) in [6.45, 7) is 5.39. The number of likely N-dealkylation sites (tertiary alicyclic amines) is 2. The maximum absolute atomic E-state index is 12.4. The van der Waals surface area contributed by atoms with Gasteiger partial charge in [-0.3, -0.25) is 14.6 Å². The maximum Gasteiger partial charge on any atom is 0.224 e. The van der Waals surface area contributed by atoms with E-state index in [-0.39, 0.29) is 5.92 Å². The number of carbonyl (C=O) groups excluding carboxylic acids is 1. The van der Waals surface area contributed by atoms with Crippen LogP contribution in [0, 0.1) is 5.92 Å². The van der Waals surface area contributed by atoms with Crippen LogP contribution in [-0.4, -0.2) is 60.5 Å². The number of piperidine rings is 2. The van der Waals surface area contributed by atoms with Crippen LogP contribution in [0.5, 0.6) is 0 Å². The van der Waals surface area contributed by atoms with Crippen LogP contribution in [0.25, 0.3) is 6.08 Å². The van der Waals surface area contributed by atoms with E-state index < -0.39 is 0 Å². The van der Waals surface area contributed by atoms with E-state index in [1.807, 2.05) is 12.1 Å². The first-order valence-corrected chi connectivity index (χ1v) is 10.2. The first-order chi connectivity index (χ1) is 12.8. The van der Waals surface area contributed by atoms with E-state index in [4.69, 9.17) is 4.42 Å². The monoisotopic (exact) mass is 357 g/mol. The molecule has 2 saturated heterocycles. The van der Waals surface area contributed by atoms with Gasteiger partial charge < -0.3 is 9.73 Å². The van der Waals surface area contributed by atoms with Crippen molar-refractivity contribution in [3.8, 4) is 0 Å². The number of hydrogen-bond acceptors (Lipinski definition) is 4. The minimum atomic E-state index is 0.207. The van der Waals surface area contributed by atoms with Crippen molar-refractivity contribution in [2.75, 3.05) is 32.7 Å². The Morgan fingerprint density at radius 1 is 1.19 bits per heavy atom. The average molecular weight is 357 g/mol. The van der Waals surface area contributed by atoms with Crippen molar-refractivity contribution in [3.05, 3.63) is 30.2 Å². The lowest BCUT2D eigenvalue weighted by molar-refractivity contribution is -0.127. The van der Waals surface area contributed by atoms with E-state index in [1.54, 1.807) is 6.26 Å². The number of hydrogen-bond donors (Lipinski definition) is 1. The van der Waals surface area contributed by atoms with Gasteiger partial charge >= 0.3 is 0 Å². The molecule has 142 valence electrons. The van der Waals surface area contributed by atoms with Gasteiger partial charge in [-0.25, -0.2) is 0 Å². The summed E-state index contributed by atoms with van der Waals surface area (Å²) in [6.07, 6.45) is 13.0. The second-order valence-corrected chi connectivity index (χ2v) is 8.07. The SMILES string of the molecule is O=C(NC1CC1)[C@H]1CCCN(C2CCN(C/C=C/c3ccco3)CC2)C1. The lowest BCUT2D eigenvalue weighted by Gasteiger charge is -2.41. The van der Waals surface area contributed by atoms with Gasteiger partial charge in [0.05, 0.1) is 12.2 Å². The summed E-state index contributed by atoms with van der Waals surface area (Å²) in [5.74, 6) is 1.43. The number of nitrogens with one attached hydrogen (secondary N) is 1. The van der Waals surface area contributed by atoms with Gasteiger partial charge in [0.1, 0.15) is 5.76 Å². The molecule has 1 aromatic heterocycles. The van der Waals surface area contributed by atoms with Crippen molar-refractivity contribution in [3.63, 3.8) is 0 Å². The van der Waals surface area contributed by atoms with E-state index in [0.717, 1.165) is 51.3 Å². The van der Waals surface area contributed by atoms with Crippen molar-refractivity contribution < 1.29 is 9.21 Å². The molecule has 5 nitrogen and oxygen atoms in total. The summed E-state index contributed by atoms with van der Waals surface area (Å²) in [5, 5.41) is 3.20. The van der Waals surface area contributed by atoms with E-state index in [2.05, 4.69) is 27.3 Å². The van der Waals surface area contributed by atoms with Crippen LogP contribution >= 0.6 is 0 Å². The Bertz CT molecular complexity index is 601. The zero-order valence-electron chi connectivity index (χ0n) is 15.6. The Balaban J connectivity index is 1.20. The second-order valence-electron chi connectivity index (χ2n) is 8.07. The Morgan fingerprint density at radius 2 is 2.04 bits per heavy atom. The zero-order valence-corrected chi connectivity index (χ0v) is 15.6. The third-order valence-corrected chi connectivity index (χ3v) is 6.01. The Hall–Kier alpha value is -1.59. The largest absolute Gasteiger partial charge is 0.465 e. The molecule has 3 fully saturated rings. The molecule has 1 amide bonds. The van der Waals surface area contributed by atoms with E-state index >= 15 is 0 Å². The molecule has 26 heavy (non-hydrogen) atoms. The summed E-state index contributed by atoms with van der Waals surface area (Å²) >= 11 is 0. The van der Waals surface area contributed by atoms with Crippen LogP contribution in [0.2, 0.25) is 0 Å². The van der Waals surface area contributed by atoms with Crippen LogP contribution in [0.4, 0.5) is 0 Å². The van der Waals surface area contributed by atoms with Gasteiger partial charge in [0.2, 0.25) is 5.91 Å². The van der Waals surface area contributed by atoms with Crippen LogP contribution < -0.4 is 5.32 Å². The Morgan fingerprint density at radius 3 is 2.77 bits per heavy atom. The molecule has 2 aliphatic heterocycles. The molecule has 3 aliphatic rings. The van der Waals surface area contributed by atoms with Gasteiger partial charge in [0, 0.05) is 25.2 Å². The van der Waals surface area contributed by atoms with Crippen molar-refractivity contribution in [2.45, 2.75) is 50.6 Å². The molecule has 0 bridgehead atoms. The molecule has 1 saturated carbocycles. The maximum atomic E-state index is 12.4. The van der Waals surface area contributed by atoms with Gasteiger partial charge in [-0.05, 0) is 76.4 Å². The average Bonchev–Trinajstić information content (AvgIpc) is 3.34. The number of carbonyl (C=O) groups is 1. The molecule has 0 unspecified atom stereocenters. The standard InChI is InChI=1S/C21H31N3O2/c25-21(22-18-7-8-18)17-4-1-12-24(16-17)19-9-13-23(14-10-19)11-2-5-20-6-3-15-26-20/h2-3,5-6,15,17-19H,1,4,7-14,16H2,(H,22,25)/b5-2+/t17-/m0/s1. The number of amides is 1. The number of nitrogens with zero attached hydrogens (tertiary/aromatic N) is 2. The lowest BCUT2D eigenvalue weighted by Crippen LogP contribution is -2.51. The second kappa shape index (κ2) is 8.40. The van der Waals surface area contributed by atoms with Crippen LogP contribution in [0.15, 0.2) is 28.9 Å². The van der Waals surface area contributed by atoms with E-state index in [0.29, 0.717) is 18.0 Å². The number of furan rings is 1. The molecule has 0 radical (unpaired) electrons. The smallest absolute Gasteiger partial charge is 0.224 e. The highest BCUT2D eigenvalue weighted by Gasteiger charge is 2.33. The summed E-state index contributed by atoms with van der Waals surface area (Å²) in [5.41, 5.74) is 0. The summed E-state index contributed by atoms with van der Waals surface area (Å²) in [6, 6.07) is 5.03. The molecular formula is C21H31N3O2. The normalized spacial score (nSPS) is 26.4. The topological polar surface area (TPSA) is 48.7 Å². The molecule has 1 N–H and O–H groups in total.